The summed E-state index contributed by atoms with van der Waals surface area (Å²) in [5.74, 6) is -4.66. The highest BCUT2D eigenvalue weighted by molar-refractivity contribution is 5.99. The van der Waals surface area contributed by atoms with Gasteiger partial charge in [0.05, 0.1) is 12.1 Å². The van der Waals surface area contributed by atoms with Gasteiger partial charge in [0.15, 0.2) is 23.1 Å². The van der Waals surface area contributed by atoms with Gasteiger partial charge in [-0.25, -0.2) is 9.80 Å². The molecule has 3 rings (SSSR count). The molecule has 0 spiro atoms. The summed E-state index contributed by atoms with van der Waals surface area (Å²) in [6, 6.07) is 17.7. The maximum absolute atomic E-state index is 12.7. The molecule has 33 heavy (non-hydrogen) atoms. The van der Waals surface area contributed by atoms with Crippen LogP contribution >= 0.6 is 0 Å². The van der Waals surface area contributed by atoms with Gasteiger partial charge in [0.1, 0.15) is 5.69 Å². The lowest BCUT2D eigenvalue weighted by Crippen LogP contribution is -2.37. The number of phenols is 3. The minimum Gasteiger partial charge on any atom is -0.504 e. The lowest BCUT2D eigenvalue weighted by atomic mass is 10.1. The highest BCUT2D eigenvalue weighted by Crippen LogP contribution is 2.43. The normalized spacial score (nSPS) is 10.7. The van der Waals surface area contributed by atoms with Gasteiger partial charge in [-0.05, 0) is 0 Å². The summed E-state index contributed by atoms with van der Waals surface area (Å²) in [5, 5.41) is 40.5. The summed E-state index contributed by atoms with van der Waals surface area (Å²) in [6.45, 7) is -0.293. The smallest absolute Gasteiger partial charge is 0.338 e. The van der Waals surface area contributed by atoms with Gasteiger partial charge in [-0.15, -0.1) is 0 Å². The predicted molar refractivity (Wildman–Crippen MR) is 120 cm³/mol. The van der Waals surface area contributed by atoms with E-state index in [4.69, 9.17) is 0 Å². The minimum absolute atomic E-state index is 0.0214. The summed E-state index contributed by atoms with van der Waals surface area (Å²) in [5.41, 5.74) is 2.55. The van der Waals surface area contributed by atoms with Crippen LogP contribution in [0.15, 0.2) is 66.7 Å². The number of phenolic OH excluding ortho intramolecular Hbond substituents is 3. The first-order valence-corrected chi connectivity index (χ1v) is 9.97. The van der Waals surface area contributed by atoms with E-state index < -0.39 is 34.5 Å². The average molecular weight is 450 g/mol. The number of anilines is 1. The number of nitrogens with zero attached hydrogens (tertiary/aromatic N) is 1. The largest absolute Gasteiger partial charge is 0.504 e. The number of nitrogens with one attached hydrogen (secondary N) is 1. The number of hydrogen-bond donors (Lipinski definition) is 5. The minimum atomic E-state index is -1.49. The number of aromatic hydroxyl groups is 3. The molecule has 0 saturated carbocycles. The molecule has 0 atom stereocenters. The van der Waals surface area contributed by atoms with Crippen molar-refractivity contribution in [3.05, 3.63) is 83.4 Å². The average Bonchev–Trinajstić information content (AvgIpc) is 2.83. The summed E-state index contributed by atoms with van der Waals surface area (Å²) >= 11 is 0. The molecule has 0 aromatic heterocycles. The summed E-state index contributed by atoms with van der Waals surface area (Å²) in [4.78, 5) is 36.9. The third-order valence-corrected chi connectivity index (χ3v) is 4.89. The van der Waals surface area contributed by atoms with E-state index in [1.54, 1.807) is 60.7 Å². The van der Waals surface area contributed by atoms with Crippen molar-refractivity contribution in [1.82, 2.24) is 5.01 Å². The molecule has 9 nitrogen and oxygen atoms in total. The van der Waals surface area contributed by atoms with Crippen molar-refractivity contribution in [2.45, 2.75) is 6.42 Å². The van der Waals surface area contributed by atoms with Crippen molar-refractivity contribution < 1.29 is 34.8 Å². The van der Waals surface area contributed by atoms with Crippen LogP contribution in [0.3, 0.4) is 0 Å². The van der Waals surface area contributed by atoms with E-state index in [-0.39, 0.29) is 31.1 Å². The number of ketones is 2. The number of carbonyl (C=O) groups excluding carboxylic acids is 2. The predicted octanol–water partition coefficient (Wildman–Crippen LogP) is 3.29. The Morgan fingerprint density at radius 1 is 0.788 bits per heavy atom. The fraction of sp³-hybridized carbons (Fsp3) is 0.125. The van der Waals surface area contributed by atoms with Crippen molar-refractivity contribution >= 4 is 23.2 Å². The van der Waals surface area contributed by atoms with Crippen LogP contribution < -0.4 is 5.43 Å². The Labute approximate surface area is 189 Å². The van der Waals surface area contributed by atoms with E-state index in [9.17, 15) is 34.8 Å². The molecule has 0 aliphatic heterocycles. The number of benzene rings is 3. The molecule has 170 valence electrons. The zero-order chi connectivity index (χ0) is 24.0. The number of rotatable bonds is 10. The molecule has 0 fully saturated rings. The van der Waals surface area contributed by atoms with Crippen molar-refractivity contribution in [2.24, 2.45) is 0 Å². The Balaban J connectivity index is 1.88. The molecule has 0 aliphatic carbocycles. The van der Waals surface area contributed by atoms with Gasteiger partial charge in [-0.3, -0.25) is 9.59 Å². The fourth-order valence-corrected chi connectivity index (χ4v) is 3.15. The third kappa shape index (κ3) is 5.66. The molecule has 5 N–H and O–H groups in total. The molecule has 0 bridgehead atoms. The molecule has 9 heteroatoms. The first kappa shape index (κ1) is 23.3. The second-order valence-electron chi connectivity index (χ2n) is 7.18. The van der Waals surface area contributed by atoms with Gasteiger partial charge >= 0.3 is 5.97 Å². The zero-order valence-corrected chi connectivity index (χ0v) is 17.4. The SMILES string of the molecule is O=C(CCN(CC(=O)c1ccccc1)Nc1c(C(=O)O)cc(O)c(O)c1O)c1ccccc1. The van der Waals surface area contributed by atoms with E-state index in [1.807, 2.05) is 0 Å². The van der Waals surface area contributed by atoms with Crippen LogP contribution in [0.5, 0.6) is 17.2 Å². The maximum Gasteiger partial charge on any atom is 0.338 e. The molecular weight excluding hydrogens is 428 g/mol. The number of carboxylic acid groups (broad SMARTS) is 1. The first-order chi connectivity index (χ1) is 15.8. The zero-order valence-electron chi connectivity index (χ0n) is 17.4. The van der Waals surface area contributed by atoms with Crippen molar-refractivity contribution in [3.8, 4) is 17.2 Å². The molecule has 0 amide bonds. The lowest BCUT2D eigenvalue weighted by molar-refractivity contribution is 0.0696. The molecule has 0 heterocycles. The number of Topliss-reactive ketones (excluding diaryl/α,β-unsaturated/α-hetero) is 2. The van der Waals surface area contributed by atoms with Gasteiger partial charge < -0.3 is 25.9 Å². The molecule has 0 aliphatic rings. The van der Waals surface area contributed by atoms with Crippen LogP contribution in [-0.4, -0.2) is 56.1 Å². The van der Waals surface area contributed by atoms with E-state index >= 15 is 0 Å². The Kier molecular flexibility index (Phi) is 7.27. The van der Waals surface area contributed by atoms with Gasteiger partial charge in [0.2, 0.25) is 5.75 Å². The van der Waals surface area contributed by atoms with Gasteiger partial charge in [0, 0.05) is 30.2 Å². The van der Waals surface area contributed by atoms with Crippen LogP contribution in [0.1, 0.15) is 37.5 Å². The summed E-state index contributed by atoms with van der Waals surface area (Å²) in [7, 11) is 0. The molecule has 3 aromatic rings. The Morgan fingerprint density at radius 3 is 1.88 bits per heavy atom. The molecule has 0 saturated heterocycles. The van der Waals surface area contributed by atoms with E-state index in [1.165, 1.54) is 5.01 Å². The number of hydrazine groups is 1. The van der Waals surface area contributed by atoms with Crippen LogP contribution in [0.2, 0.25) is 0 Å². The van der Waals surface area contributed by atoms with Crippen LogP contribution in [0.25, 0.3) is 0 Å². The van der Waals surface area contributed by atoms with Gasteiger partial charge in [-0.1, -0.05) is 60.7 Å². The highest BCUT2D eigenvalue weighted by atomic mass is 16.4. The maximum atomic E-state index is 12.7. The quantitative estimate of drug-likeness (QED) is 0.136. The summed E-state index contributed by atoms with van der Waals surface area (Å²) < 4.78 is 0. The second-order valence-corrected chi connectivity index (χ2v) is 7.18. The van der Waals surface area contributed by atoms with Crippen molar-refractivity contribution in [2.75, 3.05) is 18.5 Å². The van der Waals surface area contributed by atoms with Crippen LogP contribution in [0.4, 0.5) is 5.69 Å². The van der Waals surface area contributed by atoms with Crippen molar-refractivity contribution in [1.29, 1.82) is 0 Å². The van der Waals surface area contributed by atoms with E-state index in [0.29, 0.717) is 11.1 Å². The fourth-order valence-electron chi connectivity index (χ4n) is 3.15. The number of hydrogen-bond acceptors (Lipinski definition) is 8. The van der Waals surface area contributed by atoms with Crippen LogP contribution in [-0.2, 0) is 0 Å². The molecule has 3 aromatic carbocycles. The number of aromatic carboxylic acids is 1. The van der Waals surface area contributed by atoms with Crippen molar-refractivity contribution in [3.63, 3.8) is 0 Å². The standard InChI is InChI=1S/C24H22N2O7/c27-18(15-7-3-1-4-8-15)11-12-26(14-20(29)16-9-5-2-6-10-16)25-21-17(24(32)33)13-19(28)22(30)23(21)31/h1-10,13,25,28,30-31H,11-12,14H2,(H,32,33). The highest BCUT2D eigenvalue weighted by Gasteiger charge is 2.24. The monoisotopic (exact) mass is 450 g/mol. The second kappa shape index (κ2) is 10.3. The molecule has 0 unspecified atom stereocenters. The topological polar surface area (TPSA) is 147 Å². The Morgan fingerprint density at radius 2 is 1.33 bits per heavy atom. The third-order valence-electron chi connectivity index (χ3n) is 4.89. The Bertz CT molecular complexity index is 1160. The molecular formula is C24H22N2O7. The van der Waals surface area contributed by atoms with E-state index in [2.05, 4.69) is 5.43 Å². The number of carboxylic acids is 1. The van der Waals surface area contributed by atoms with Gasteiger partial charge in [0.25, 0.3) is 0 Å². The molecule has 0 radical (unpaired) electrons. The first-order valence-electron chi connectivity index (χ1n) is 9.97. The Hall–Kier alpha value is -4.37. The summed E-state index contributed by atoms with van der Waals surface area (Å²) in [6.07, 6.45) is -0.0215. The van der Waals surface area contributed by atoms with Gasteiger partial charge in [-0.2, -0.15) is 0 Å². The number of carbonyl (C=O) groups is 3. The lowest BCUT2D eigenvalue weighted by Gasteiger charge is -2.25. The van der Waals surface area contributed by atoms with Crippen LogP contribution in [0, 0.1) is 0 Å². The van der Waals surface area contributed by atoms with E-state index in [0.717, 1.165) is 6.07 Å².